The van der Waals surface area contributed by atoms with E-state index >= 15 is 0 Å². The molecule has 2 aliphatic rings. The molecule has 1 saturated carbocycles. The van der Waals surface area contributed by atoms with Crippen LogP contribution < -0.4 is 0 Å². The molecule has 0 aromatic carbocycles. The number of esters is 1. The van der Waals surface area contributed by atoms with Crippen LogP contribution in [0.1, 0.15) is 39.0 Å². The number of carbonyl (C=O) groups is 1. The van der Waals surface area contributed by atoms with Crippen molar-refractivity contribution >= 4 is 5.97 Å². The first-order valence-corrected chi connectivity index (χ1v) is 8.21. The minimum Gasteiger partial charge on any atom is -0.466 e. The molecule has 1 heterocycles. The SMILES string of the molecule is CCOC(=O)CC1(N2CCN(C)CC2)CCC(OC)CC1. The molecule has 0 aromatic heterocycles. The molecule has 1 aliphatic heterocycles. The van der Waals surface area contributed by atoms with Crippen molar-refractivity contribution in [1.29, 1.82) is 0 Å². The summed E-state index contributed by atoms with van der Waals surface area (Å²) in [4.78, 5) is 17.0. The van der Waals surface area contributed by atoms with E-state index in [4.69, 9.17) is 9.47 Å². The van der Waals surface area contributed by atoms with E-state index in [1.54, 1.807) is 7.11 Å². The normalized spacial score (nSPS) is 32.0. The van der Waals surface area contributed by atoms with E-state index in [1.807, 2.05) is 6.92 Å². The van der Waals surface area contributed by atoms with Gasteiger partial charge in [0.1, 0.15) is 0 Å². The molecular formula is C16H30N2O3. The van der Waals surface area contributed by atoms with Crippen molar-refractivity contribution in [3.63, 3.8) is 0 Å². The van der Waals surface area contributed by atoms with Crippen molar-refractivity contribution in [2.75, 3.05) is 46.9 Å². The van der Waals surface area contributed by atoms with Gasteiger partial charge in [-0.15, -0.1) is 0 Å². The summed E-state index contributed by atoms with van der Waals surface area (Å²) in [5.41, 5.74) is -0.0114. The predicted molar refractivity (Wildman–Crippen MR) is 82.3 cm³/mol. The van der Waals surface area contributed by atoms with E-state index in [0.29, 0.717) is 19.1 Å². The Kier molecular flexibility index (Phi) is 6.02. The number of methoxy groups -OCH3 is 1. The Balaban J connectivity index is 2.05. The summed E-state index contributed by atoms with van der Waals surface area (Å²) in [6, 6.07) is 0. The molecule has 0 N–H and O–H groups in total. The minimum atomic E-state index is -0.0488. The second kappa shape index (κ2) is 7.56. The molecule has 21 heavy (non-hydrogen) atoms. The van der Waals surface area contributed by atoms with Gasteiger partial charge in [-0.05, 0) is 39.7 Å². The number of hydrogen-bond donors (Lipinski definition) is 0. The molecule has 0 bridgehead atoms. The Hall–Kier alpha value is -0.650. The standard InChI is InChI=1S/C16H30N2O3/c1-4-21-15(19)13-16(7-5-14(20-3)6-8-16)18-11-9-17(2)10-12-18/h14H,4-13H2,1-3H3. The van der Waals surface area contributed by atoms with Crippen LogP contribution in [0.3, 0.4) is 0 Å². The molecule has 0 amide bonds. The number of carbonyl (C=O) groups excluding carboxylic acids is 1. The lowest BCUT2D eigenvalue weighted by molar-refractivity contribution is -0.149. The molecule has 1 aliphatic carbocycles. The highest BCUT2D eigenvalue weighted by molar-refractivity contribution is 5.71. The first-order valence-electron chi connectivity index (χ1n) is 8.21. The molecule has 0 spiro atoms. The Morgan fingerprint density at radius 3 is 2.33 bits per heavy atom. The summed E-state index contributed by atoms with van der Waals surface area (Å²) >= 11 is 0. The van der Waals surface area contributed by atoms with Gasteiger partial charge in [-0.3, -0.25) is 9.69 Å². The molecule has 0 aromatic rings. The van der Waals surface area contributed by atoms with Crippen LogP contribution in [0.15, 0.2) is 0 Å². The fourth-order valence-corrected chi connectivity index (χ4v) is 3.73. The average molecular weight is 298 g/mol. The molecule has 0 unspecified atom stereocenters. The van der Waals surface area contributed by atoms with Crippen LogP contribution in [0.25, 0.3) is 0 Å². The zero-order valence-corrected chi connectivity index (χ0v) is 13.8. The Morgan fingerprint density at radius 2 is 1.81 bits per heavy atom. The summed E-state index contributed by atoms with van der Waals surface area (Å²) in [6.45, 7) is 6.61. The minimum absolute atomic E-state index is 0.0114. The third kappa shape index (κ3) is 4.18. The fourth-order valence-electron chi connectivity index (χ4n) is 3.73. The van der Waals surface area contributed by atoms with Gasteiger partial charge < -0.3 is 14.4 Å². The van der Waals surface area contributed by atoms with Crippen LogP contribution in [0.5, 0.6) is 0 Å². The highest BCUT2D eigenvalue weighted by atomic mass is 16.5. The molecule has 2 rings (SSSR count). The average Bonchev–Trinajstić information content (AvgIpc) is 2.49. The maximum Gasteiger partial charge on any atom is 0.307 e. The van der Waals surface area contributed by atoms with Gasteiger partial charge in [0.05, 0.1) is 19.1 Å². The number of ether oxygens (including phenoxy) is 2. The zero-order valence-electron chi connectivity index (χ0n) is 13.8. The highest BCUT2D eigenvalue weighted by Gasteiger charge is 2.43. The van der Waals surface area contributed by atoms with Crippen LogP contribution in [-0.4, -0.2) is 74.4 Å². The van der Waals surface area contributed by atoms with Crippen LogP contribution in [0, 0.1) is 0 Å². The van der Waals surface area contributed by atoms with Crippen LogP contribution >= 0.6 is 0 Å². The number of rotatable bonds is 5. The van der Waals surface area contributed by atoms with E-state index in [0.717, 1.165) is 51.9 Å². The lowest BCUT2D eigenvalue weighted by atomic mass is 9.76. The van der Waals surface area contributed by atoms with Crippen molar-refractivity contribution in [1.82, 2.24) is 9.80 Å². The van der Waals surface area contributed by atoms with Crippen molar-refractivity contribution in [2.45, 2.75) is 50.7 Å². The maximum atomic E-state index is 12.1. The van der Waals surface area contributed by atoms with Crippen molar-refractivity contribution < 1.29 is 14.3 Å². The van der Waals surface area contributed by atoms with Crippen LogP contribution in [0.2, 0.25) is 0 Å². The third-order valence-electron chi connectivity index (χ3n) is 5.15. The van der Waals surface area contributed by atoms with Crippen LogP contribution in [-0.2, 0) is 14.3 Å². The summed E-state index contributed by atoms with van der Waals surface area (Å²) < 4.78 is 10.7. The Bertz CT molecular complexity index is 332. The summed E-state index contributed by atoms with van der Waals surface area (Å²) in [5, 5.41) is 0. The summed E-state index contributed by atoms with van der Waals surface area (Å²) in [5.74, 6) is -0.0488. The van der Waals surface area contributed by atoms with Crippen molar-refractivity contribution in [2.24, 2.45) is 0 Å². The summed E-state index contributed by atoms with van der Waals surface area (Å²) in [6.07, 6.45) is 5.04. The van der Waals surface area contributed by atoms with Gasteiger partial charge in [0.2, 0.25) is 0 Å². The molecule has 122 valence electrons. The molecule has 0 atom stereocenters. The Labute approximate surface area is 128 Å². The topological polar surface area (TPSA) is 42.0 Å². The molecular weight excluding hydrogens is 268 g/mol. The van der Waals surface area contributed by atoms with Gasteiger partial charge in [-0.2, -0.15) is 0 Å². The maximum absolute atomic E-state index is 12.1. The molecule has 5 heteroatoms. The van der Waals surface area contributed by atoms with E-state index in [9.17, 15) is 4.79 Å². The highest BCUT2D eigenvalue weighted by Crippen LogP contribution is 2.38. The van der Waals surface area contributed by atoms with E-state index < -0.39 is 0 Å². The number of likely N-dealkylation sites (N-methyl/N-ethyl adjacent to an activating group) is 1. The van der Waals surface area contributed by atoms with Crippen molar-refractivity contribution in [3.8, 4) is 0 Å². The number of hydrogen-bond acceptors (Lipinski definition) is 5. The first-order chi connectivity index (χ1) is 10.1. The first kappa shape index (κ1) is 16.7. The van der Waals surface area contributed by atoms with Gasteiger partial charge in [0.25, 0.3) is 0 Å². The number of nitrogens with zero attached hydrogens (tertiary/aromatic N) is 2. The lowest BCUT2D eigenvalue weighted by Gasteiger charge is -2.50. The monoisotopic (exact) mass is 298 g/mol. The van der Waals surface area contributed by atoms with Gasteiger partial charge in [-0.1, -0.05) is 0 Å². The number of piperazine rings is 1. The van der Waals surface area contributed by atoms with Gasteiger partial charge >= 0.3 is 5.97 Å². The third-order valence-corrected chi connectivity index (χ3v) is 5.15. The molecule has 0 radical (unpaired) electrons. The quantitative estimate of drug-likeness (QED) is 0.720. The van der Waals surface area contributed by atoms with Gasteiger partial charge in [-0.25, -0.2) is 0 Å². The Morgan fingerprint density at radius 1 is 1.19 bits per heavy atom. The fraction of sp³-hybridized carbons (Fsp3) is 0.938. The molecule has 2 fully saturated rings. The van der Waals surface area contributed by atoms with Crippen molar-refractivity contribution in [3.05, 3.63) is 0 Å². The van der Waals surface area contributed by atoms with Gasteiger partial charge in [0, 0.05) is 38.8 Å². The summed E-state index contributed by atoms with van der Waals surface area (Å²) in [7, 11) is 3.95. The smallest absolute Gasteiger partial charge is 0.307 e. The largest absolute Gasteiger partial charge is 0.466 e. The van der Waals surface area contributed by atoms with E-state index in [1.165, 1.54) is 0 Å². The van der Waals surface area contributed by atoms with Gasteiger partial charge in [0.15, 0.2) is 0 Å². The zero-order chi connectivity index (χ0) is 15.3. The lowest BCUT2D eigenvalue weighted by Crippen LogP contribution is -2.59. The second-order valence-electron chi connectivity index (χ2n) is 6.43. The second-order valence-corrected chi connectivity index (χ2v) is 6.43. The molecule has 1 saturated heterocycles. The molecule has 5 nitrogen and oxygen atoms in total. The predicted octanol–water partition coefficient (Wildman–Crippen LogP) is 1.51. The van der Waals surface area contributed by atoms with E-state index in [-0.39, 0.29) is 11.5 Å². The van der Waals surface area contributed by atoms with Crippen LogP contribution in [0.4, 0.5) is 0 Å². The van der Waals surface area contributed by atoms with E-state index in [2.05, 4.69) is 16.8 Å².